The molecule has 5 heteroatoms. The van der Waals surface area contributed by atoms with Crippen molar-refractivity contribution in [2.24, 2.45) is 0 Å². The van der Waals surface area contributed by atoms with Crippen molar-refractivity contribution in [3.05, 3.63) is 60.8 Å². The van der Waals surface area contributed by atoms with E-state index in [-0.39, 0.29) is 6.03 Å². The molecule has 0 unspecified atom stereocenters. The summed E-state index contributed by atoms with van der Waals surface area (Å²) in [5.41, 5.74) is 4.07. The third kappa shape index (κ3) is 2.56. The van der Waals surface area contributed by atoms with Crippen LogP contribution in [0.4, 0.5) is 10.5 Å². The Bertz CT molecular complexity index is 915. The normalized spacial score (nSPS) is 12.5. The molecule has 26 heavy (non-hydrogen) atoms. The Balaban J connectivity index is 1.84. The lowest BCUT2D eigenvalue weighted by molar-refractivity contribution is 0.208. The first-order valence-electron chi connectivity index (χ1n) is 9.01. The molecule has 1 aliphatic heterocycles. The molecule has 0 N–H and O–H groups in total. The van der Waals surface area contributed by atoms with Gasteiger partial charge in [0.2, 0.25) is 0 Å². The zero-order valence-corrected chi connectivity index (χ0v) is 15.1. The number of hydrogen-bond acceptors (Lipinski definition) is 2. The van der Waals surface area contributed by atoms with Gasteiger partial charge in [-0.05, 0) is 19.9 Å². The lowest BCUT2D eigenvalue weighted by atomic mass is 10.1. The Morgan fingerprint density at radius 1 is 1.04 bits per heavy atom. The topological polar surface area (TPSA) is 41.4 Å². The highest BCUT2D eigenvalue weighted by Crippen LogP contribution is 2.38. The molecule has 0 radical (unpaired) electrons. The first kappa shape index (κ1) is 16.4. The summed E-state index contributed by atoms with van der Waals surface area (Å²) in [4.78, 5) is 21.5. The Labute approximate surface area is 153 Å². The van der Waals surface area contributed by atoms with Crippen LogP contribution in [0.25, 0.3) is 22.6 Å². The summed E-state index contributed by atoms with van der Waals surface area (Å²) in [6, 6.07) is 18.2. The van der Waals surface area contributed by atoms with E-state index < -0.39 is 0 Å². The third-order valence-electron chi connectivity index (χ3n) is 4.91. The minimum absolute atomic E-state index is 0.0285. The molecule has 0 bridgehead atoms. The molecule has 2 amide bonds. The molecule has 0 saturated heterocycles. The van der Waals surface area contributed by atoms with Crippen LogP contribution in [0.15, 0.2) is 60.8 Å². The van der Waals surface area contributed by atoms with E-state index in [1.165, 1.54) is 0 Å². The number of benzene rings is 2. The minimum atomic E-state index is 0.0285. The summed E-state index contributed by atoms with van der Waals surface area (Å²) in [5.74, 6) is 0.882. The van der Waals surface area contributed by atoms with Crippen LogP contribution < -0.4 is 4.90 Å². The molecular formula is C21H22N4O. The van der Waals surface area contributed by atoms with Gasteiger partial charge in [-0.3, -0.25) is 4.90 Å². The molecule has 1 aromatic heterocycles. The molecule has 4 rings (SSSR count). The van der Waals surface area contributed by atoms with Gasteiger partial charge < -0.3 is 9.47 Å². The largest absolute Gasteiger partial charge is 0.325 e. The highest BCUT2D eigenvalue weighted by Gasteiger charge is 2.30. The fourth-order valence-electron chi connectivity index (χ4n) is 3.52. The average Bonchev–Trinajstić information content (AvgIpc) is 3.13. The molecule has 5 nitrogen and oxygen atoms in total. The van der Waals surface area contributed by atoms with Gasteiger partial charge in [-0.15, -0.1) is 0 Å². The zero-order valence-electron chi connectivity index (χ0n) is 15.1. The number of rotatable bonds is 3. The maximum absolute atomic E-state index is 13.1. The van der Waals surface area contributed by atoms with Crippen LogP contribution in [0, 0.1) is 0 Å². The summed E-state index contributed by atoms with van der Waals surface area (Å²) in [5, 5.41) is 0. The minimum Gasteiger partial charge on any atom is -0.325 e. The second-order valence-electron chi connectivity index (χ2n) is 6.30. The Kier molecular flexibility index (Phi) is 4.21. The monoisotopic (exact) mass is 346 g/mol. The summed E-state index contributed by atoms with van der Waals surface area (Å²) < 4.78 is 2.12. The molecule has 132 valence electrons. The third-order valence-corrected chi connectivity index (χ3v) is 4.91. The fourth-order valence-corrected chi connectivity index (χ4v) is 3.52. The van der Waals surface area contributed by atoms with E-state index in [0.29, 0.717) is 19.8 Å². The van der Waals surface area contributed by atoms with E-state index in [2.05, 4.69) is 15.6 Å². The van der Waals surface area contributed by atoms with E-state index in [9.17, 15) is 4.79 Å². The van der Waals surface area contributed by atoms with Crippen LogP contribution in [0.2, 0.25) is 0 Å². The summed E-state index contributed by atoms with van der Waals surface area (Å²) in [6.07, 6.45) is 1.90. The van der Waals surface area contributed by atoms with Crippen molar-refractivity contribution < 1.29 is 4.79 Å². The van der Waals surface area contributed by atoms with Gasteiger partial charge >= 0.3 is 6.03 Å². The SMILES string of the molecule is CCN(CC)C(=O)N1Cn2c(cnc2-c2ccccc2)-c2ccccc21. The predicted molar refractivity (Wildman–Crippen MR) is 104 cm³/mol. The molecule has 1 aliphatic rings. The van der Waals surface area contributed by atoms with E-state index >= 15 is 0 Å². The molecule has 3 aromatic rings. The van der Waals surface area contributed by atoms with Crippen LogP contribution >= 0.6 is 0 Å². The van der Waals surface area contributed by atoms with Crippen molar-refractivity contribution in [2.45, 2.75) is 20.5 Å². The molecule has 2 aromatic carbocycles. The van der Waals surface area contributed by atoms with Gasteiger partial charge in [0, 0.05) is 24.2 Å². The number of anilines is 1. The van der Waals surface area contributed by atoms with Crippen LogP contribution in [-0.4, -0.2) is 33.6 Å². The summed E-state index contributed by atoms with van der Waals surface area (Å²) in [7, 11) is 0. The van der Waals surface area contributed by atoms with Crippen molar-refractivity contribution >= 4 is 11.7 Å². The van der Waals surface area contributed by atoms with E-state index in [4.69, 9.17) is 0 Å². The number of carbonyl (C=O) groups excluding carboxylic acids is 1. The number of hydrogen-bond donors (Lipinski definition) is 0. The van der Waals surface area contributed by atoms with Crippen molar-refractivity contribution in [3.8, 4) is 22.6 Å². The molecular weight excluding hydrogens is 324 g/mol. The zero-order chi connectivity index (χ0) is 18.1. The van der Waals surface area contributed by atoms with E-state index in [1.54, 1.807) is 0 Å². The van der Waals surface area contributed by atoms with Gasteiger partial charge in [-0.1, -0.05) is 48.5 Å². The average molecular weight is 346 g/mol. The van der Waals surface area contributed by atoms with Crippen molar-refractivity contribution in [3.63, 3.8) is 0 Å². The molecule has 2 heterocycles. The number of fused-ring (bicyclic) bond motifs is 3. The number of imidazole rings is 1. The number of nitrogens with zero attached hydrogens (tertiary/aromatic N) is 4. The number of para-hydroxylation sites is 1. The summed E-state index contributed by atoms with van der Waals surface area (Å²) >= 11 is 0. The number of carbonyl (C=O) groups is 1. The first-order chi connectivity index (χ1) is 12.7. The highest BCUT2D eigenvalue weighted by atomic mass is 16.2. The number of urea groups is 1. The number of aromatic nitrogens is 2. The Hall–Kier alpha value is -3.08. The maximum atomic E-state index is 13.1. The van der Waals surface area contributed by atoms with Crippen molar-refractivity contribution in [1.82, 2.24) is 14.5 Å². The smallest absolute Gasteiger partial charge is 0.325 e. The van der Waals surface area contributed by atoms with Crippen LogP contribution in [0.1, 0.15) is 13.8 Å². The highest BCUT2D eigenvalue weighted by molar-refractivity contribution is 5.97. The first-order valence-corrected chi connectivity index (χ1v) is 9.01. The van der Waals surface area contributed by atoms with Crippen molar-refractivity contribution in [1.29, 1.82) is 0 Å². The number of amides is 2. The molecule has 0 spiro atoms. The van der Waals surface area contributed by atoms with Gasteiger partial charge in [-0.2, -0.15) is 0 Å². The maximum Gasteiger partial charge on any atom is 0.325 e. The second kappa shape index (κ2) is 6.67. The van der Waals surface area contributed by atoms with Gasteiger partial charge in [0.15, 0.2) is 0 Å². The second-order valence-corrected chi connectivity index (χ2v) is 6.30. The van der Waals surface area contributed by atoms with Gasteiger partial charge in [0.1, 0.15) is 12.5 Å². The Morgan fingerprint density at radius 2 is 1.73 bits per heavy atom. The van der Waals surface area contributed by atoms with Gasteiger partial charge in [0.25, 0.3) is 0 Å². The van der Waals surface area contributed by atoms with Crippen molar-refractivity contribution in [2.75, 3.05) is 18.0 Å². The molecule has 0 saturated carbocycles. The fraction of sp³-hybridized carbons (Fsp3) is 0.238. The summed E-state index contributed by atoms with van der Waals surface area (Å²) in [6.45, 7) is 5.86. The van der Waals surface area contributed by atoms with Crippen LogP contribution in [0.5, 0.6) is 0 Å². The van der Waals surface area contributed by atoms with E-state index in [0.717, 1.165) is 28.3 Å². The lowest BCUT2D eigenvalue weighted by Gasteiger charge is -2.35. The molecule has 0 fully saturated rings. The predicted octanol–water partition coefficient (Wildman–Crippen LogP) is 4.46. The van der Waals surface area contributed by atoms with Crippen LogP contribution in [0.3, 0.4) is 0 Å². The van der Waals surface area contributed by atoms with Gasteiger partial charge in [0.05, 0.1) is 17.6 Å². The van der Waals surface area contributed by atoms with E-state index in [1.807, 2.05) is 78.4 Å². The standard InChI is InChI=1S/C21H22N4O/c1-3-23(4-2)21(26)25-15-24-19(17-12-8-9-13-18(17)25)14-22-20(24)16-10-6-5-7-11-16/h5-14H,3-4,15H2,1-2H3. The lowest BCUT2D eigenvalue weighted by Crippen LogP contribution is -2.45. The van der Waals surface area contributed by atoms with Crippen LogP contribution in [-0.2, 0) is 6.67 Å². The Morgan fingerprint density at radius 3 is 2.46 bits per heavy atom. The molecule has 0 atom stereocenters. The molecule has 0 aliphatic carbocycles. The van der Waals surface area contributed by atoms with Gasteiger partial charge in [-0.25, -0.2) is 9.78 Å². The quantitative estimate of drug-likeness (QED) is 0.703.